The second kappa shape index (κ2) is 8.92. The molecule has 2 heterocycles. The summed E-state index contributed by atoms with van der Waals surface area (Å²) in [5.41, 5.74) is 4.31. The number of rotatable bonds is 5. The van der Waals surface area contributed by atoms with Crippen molar-refractivity contribution in [3.05, 3.63) is 58.1 Å². The van der Waals surface area contributed by atoms with E-state index in [1.165, 1.54) is 5.56 Å². The van der Waals surface area contributed by atoms with Gasteiger partial charge < -0.3 is 24.6 Å². The minimum Gasteiger partial charge on any atom is -0.490 e. The van der Waals surface area contributed by atoms with Crippen molar-refractivity contribution in [3.8, 4) is 5.75 Å². The Morgan fingerprint density at radius 3 is 2.83 bits per heavy atom. The van der Waals surface area contributed by atoms with Crippen LogP contribution in [-0.4, -0.2) is 48.7 Å². The molecule has 0 radical (unpaired) electrons. The largest absolute Gasteiger partial charge is 0.490 e. The highest BCUT2D eigenvalue weighted by atomic mass is 35.5. The van der Waals surface area contributed by atoms with E-state index in [0.717, 1.165) is 42.3 Å². The number of aliphatic hydroxyl groups is 2. The number of fused-ring (bicyclic) bond motifs is 1. The lowest BCUT2D eigenvalue weighted by Gasteiger charge is -2.33. The fraction of sp³-hybridized carbons (Fsp3) is 0.478. The normalized spacial score (nSPS) is 24.1. The Kier molecular flexibility index (Phi) is 6.30. The summed E-state index contributed by atoms with van der Waals surface area (Å²) >= 11 is 6.50. The molecule has 2 aliphatic rings. The smallest absolute Gasteiger partial charge is 0.142 e. The van der Waals surface area contributed by atoms with E-state index in [1.54, 1.807) is 0 Å². The average molecular weight is 418 g/mol. The highest BCUT2D eigenvalue weighted by molar-refractivity contribution is 6.31. The Morgan fingerprint density at radius 1 is 1.17 bits per heavy atom. The Balaban J connectivity index is 1.57. The second-order valence-electron chi connectivity index (χ2n) is 7.81. The molecule has 5 nitrogen and oxygen atoms in total. The highest BCUT2D eigenvalue weighted by Crippen LogP contribution is 2.36. The predicted octanol–water partition coefficient (Wildman–Crippen LogP) is 3.72. The number of nitrogens with zero attached hydrogens (tertiary/aromatic N) is 1. The van der Waals surface area contributed by atoms with Gasteiger partial charge in [0.05, 0.1) is 37.2 Å². The number of hydrogen-bond acceptors (Lipinski definition) is 5. The van der Waals surface area contributed by atoms with Crippen molar-refractivity contribution in [3.63, 3.8) is 0 Å². The Hall–Kier alpha value is -1.79. The Morgan fingerprint density at radius 2 is 2.03 bits per heavy atom. The summed E-state index contributed by atoms with van der Waals surface area (Å²) < 4.78 is 11.7. The van der Waals surface area contributed by atoms with Gasteiger partial charge in [0.1, 0.15) is 12.4 Å². The lowest BCUT2D eigenvalue weighted by atomic mass is 9.94. The molecule has 4 rings (SSSR count). The third-order valence-electron chi connectivity index (χ3n) is 5.78. The average Bonchev–Trinajstić information content (AvgIpc) is 2.74. The Labute approximate surface area is 176 Å². The number of halogens is 1. The fourth-order valence-electron chi connectivity index (χ4n) is 4.23. The maximum atomic E-state index is 10.1. The molecule has 2 N–H and O–H groups in total. The van der Waals surface area contributed by atoms with Crippen molar-refractivity contribution >= 4 is 17.3 Å². The van der Waals surface area contributed by atoms with Crippen molar-refractivity contribution < 1.29 is 19.7 Å². The molecule has 0 unspecified atom stereocenters. The summed E-state index contributed by atoms with van der Waals surface area (Å²) in [5.74, 6) is 0.932. The summed E-state index contributed by atoms with van der Waals surface area (Å²) in [7, 11) is 0. The van der Waals surface area contributed by atoms with Crippen molar-refractivity contribution in [1.82, 2.24) is 0 Å². The van der Waals surface area contributed by atoms with Crippen LogP contribution in [0.15, 0.2) is 36.4 Å². The van der Waals surface area contributed by atoms with E-state index in [0.29, 0.717) is 24.3 Å². The van der Waals surface area contributed by atoms with Crippen LogP contribution in [0.1, 0.15) is 42.6 Å². The first kappa shape index (κ1) is 20.5. The molecular weight excluding hydrogens is 390 g/mol. The van der Waals surface area contributed by atoms with Gasteiger partial charge in [-0.2, -0.15) is 0 Å². The molecule has 0 aliphatic carbocycles. The van der Waals surface area contributed by atoms with Gasteiger partial charge in [-0.25, -0.2) is 0 Å². The predicted molar refractivity (Wildman–Crippen MR) is 114 cm³/mol. The number of benzene rings is 2. The third-order valence-corrected chi connectivity index (χ3v) is 6.15. The van der Waals surface area contributed by atoms with Crippen molar-refractivity contribution in [2.24, 2.45) is 0 Å². The molecule has 0 amide bonds. The van der Waals surface area contributed by atoms with E-state index in [2.05, 4.69) is 30.0 Å². The van der Waals surface area contributed by atoms with Crippen LogP contribution in [0.2, 0.25) is 5.02 Å². The third kappa shape index (κ3) is 4.53. The van der Waals surface area contributed by atoms with Gasteiger partial charge in [-0.05, 0) is 48.2 Å². The molecule has 156 valence electrons. The van der Waals surface area contributed by atoms with Gasteiger partial charge in [0.25, 0.3) is 0 Å². The summed E-state index contributed by atoms with van der Waals surface area (Å²) in [5, 5.41) is 20.3. The van der Waals surface area contributed by atoms with Crippen LogP contribution in [0.25, 0.3) is 0 Å². The molecule has 29 heavy (non-hydrogen) atoms. The number of hydrogen-bond donors (Lipinski definition) is 2. The van der Waals surface area contributed by atoms with Crippen LogP contribution in [0.5, 0.6) is 5.75 Å². The monoisotopic (exact) mass is 417 g/mol. The fourth-order valence-corrected chi connectivity index (χ4v) is 4.41. The molecule has 0 spiro atoms. The van der Waals surface area contributed by atoms with Crippen LogP contribution in [0, 0.1) is 0 Å². The summed E-state index contributed by atoms with van der Waals surface area (Å²) in [6, 6.07) is 12.2. The van der Waals surface area contributed by atoms with Crippen LogP contribution >= 0.6 is 11.6 Å². The molecule has 2 aromatic carbocycles. The van der Waals surface area contributed by atoms with E-state index in [-0.39, 0.29) is 18.8 Å². The maximum absolute atomic E-state index is 10.1. The maximum Gasteiger partial charge on any atom is 0.142 e. The van der Waals surface area contributed by atoms with Crippen LogP contribution < -0.4 is 9.64 Å². The van der Waals surface area contributed by atoms with Gasteiger partial charge in [0.2, 0.25) is 0 Å². The summed E-state index contributed by atoms with van der Waals surface area (Å²) in [6.07, 6.45) is 0.669. The van der Waals surface area contributed by atoms with E-state index in [4.69, 9.17) is 21.1 Å². The minimum atomic E-state index is -0.467. The lowest BCUT2D eigenvalue weighted by Crippen LogP contribution is -2.33. The zero-order valence-electron chi connectivity index (χ0n) is 16.7. The number of anilines is 1. The topological polar surface area (TPSA) is 62.2 Å². The summed E-state index contributed by atoms with van der Waals surface area (Å²) in [4.78, 5) is 2.33. The lowest BCUT2D eigenvalue weighted by molar-refractivity contribution is -0.113. The summed E-state index contributed by atoms with van der Waals surface area (Å²) in [6.45, 7) is 4.63. The molecule has 2 aromatic rings. The second-order valence-corrected chi connectivity index (χ2v) is 8.22. The Bertz CT molecular complexity index is 859. The molecule has 1 saturated heterocycles. The number of likely N-dealkylation sites (N-methyl/N-ethyl adjacent to an activating group) is 1. The van der Waals surface area contributed by atoms with Crippen LogP contribution in [0.4, 0.5) is 5.69 Å². The zero-order valence-corrected chi connectivity index (χ0v) is 17.4. The molecule has 3 atom stereocenters. The highest BCUT2D eigenvalue weighted by Gasteiger charge is 2.29. The van der Waals surface area contributed by atoms with Crippen molar-refractivity contribution in [2.45, 2.75) is 44.5 Å². The van der Waals surface area contributed by atoms with Gasteiger partial charge >= 0.3 is 0 Å². The number of aliphatic hydroxyl groups excluding tert-OH is 2. The van der Waals surface area contributed by atoms with Crippen molar-refractivity contribution in [2.75, 3.05) is 31.2 Å². The molecule has 0 saturated carbocycles. The standard InChI is InChI=1S/C23H28ClNO4/c1-2-25-7-8-28-22-6-3-15(10-21(22)25)9-17-11-16(4-5-20(17)24)23-13-18(27)12-19(14-26)29-23/h3-6,10-11,18-19,23,26-27H,2,7-9,12-14H2,1H3/t18-,19-,23+/m0/s1. The molecule has 1 fully saturated rings. The van der Waals surface area contributed by atoms with Gasteiger partial charge in [-0.3, -0.25) is 0 Å². The molecule has 2 aliphatic heterocycles. The van der Waals surface area contributed by atoms with Gasteiger partial charge in [0.15, 0.2) is 0 Å². The minimum absolute atomic E-state index is 0.0842. The molecule has 0 bridgehead atoms. The number of ether oxygens (including phenoxy) is 2. The molecule has 0 aromatic heterocycles. The van der Waals surface area contributed by atoms with Gasteiger partial charge in [0, 0.05) is 24.4 Å². The van der Waals surface area contributed by atoms with Crippen LogP contribution in [0.3, 0.4) is 0 Å². The van der Waals surface area contributed by atoms with Gasteiger partial charge in [-0.1, -0.05) is 29.8 Å². The van der Waals surface area contributed by atoms with E-state index >= 15 is 0 Å². The van der Waals surface area contributed by atoms with Gasteiger partial charge in [-0.15, -0.1) is 0 Å². The first-order valence-corrected chi connectivity index (χ1v) is 10.7. The van der Waals surface area contributed by atoms with Crippen LogP contribution in [-0.2, 0) is 11.2 Å². The SMILES string of the molecule is CCN1CCOc2ccc(Cc3cc([C@H]4C[C@@H](O)C[C@@H](CO)O4)ccc3Cl)cc21. The zero-order chi connectivity index (χ0) is 20.4. The first-order chi connectivity index (χ1) is 14.1. The first-order valence-electron chi connectivity index (χ1n) is 10.3. The van der Waals surface area contributed by atoms with E-state index < -0.39 is 6.10 Å². The van der Waals surface area contributed by atoms with Crippen molar-refractivity contribution in [1.29, 1.82) is 0 Å². The van der Waals surface area contributed by atoms with E-state index in [1.807, 2.05) is 18.2 Å². The molecular formula is C23H28ClNO4. The molecule has 6 heteroatoms. The quantitative estimate of drug-likeness (QED) is 0.776. The van der Waals surface area contributed by atoms with E-state index in [9.17, 15) is 10.2 Å².